The Morgan fingerprint density at radius 3 is 2.72 bits per heavy atom. The van der Waals surface area contributed by atoms with Gasteiger partial charge in [-0.05, 0) is 12.8 Å². The summed E-state index contributed by atoms with van der Waals surface area (Å²) in [6, 6.07) is 0. The topological polar surface area (TPSA) is 105 Å². The smallest absolute Gasteiger partial charge is 0.356 e. The minimum absolute atomic E-state index is 0.0445. The molecule has 18 heavy (non-hydrogen) atoms. The highest BCUT2D eigenvalue weighted by Crippen LogP contribution is 2.19. The molecule has 0 unspecified atom stereocenters. The second kappa shape index (κ2) is 5.74. The van der Waals surface area contributed by atoms with Gasteiger partial charge in [0.25, 0.3) is 0 Å². The Hall–Kier alpha value is -1.73. The van der Waals surface area contributed by atoms with Crippen LogP contribution in [-0.2, 0) is 4.74 Å². The van der Waals surface area contributed by atoms with Gasteiger partial charge in [0.1, 0.15) is 5.82 Å². The van der Waals surface area contributed by atoms with Crippen LogP contribution in [0.2, 0.25) is 0 Å². The number of ether oxygens (including phenoxy) is 1. The normalized spacial score (nSPS) is 22.9. The van der Waals surface area contributed by atoms with Gasteiger partial charge in [0.15, 0.2) is 5.69 Å². The summed E-state index contributed by atoms with van der Waals surface area (Å²) in [6.07, 6.45) is 4.30. The van der Waals surface area contributed by atoms with Crippen LogP contribution in [-0.4, -0.2) is 51.5 Å². The highest BCUT2D eigenvalue weighted by Gasteiger charge is 2.24. The van der Waals surface area contributed by atoms with E-state index in [1.165, 1.54) is 12.4 Å². The van der Waals surface area contributed by atoms with Crippen LogP contribution in [0.15, 0.2) is 12.4 Å². The number of aliphatic hydroxyl groups is 1. The number of nitrogens with zero attached hydrogens (tertiary/aromatic N) is 2. The lowest BCUT2D eigenvalue weighted by Gasteiger charge is -2.13. The number of carbonyl (C=O) groups is 1. The summed E-state index contributed by atoms with van der Waals surface area (Å²) >= 11 is 0. The summed E-state index contributed by atoms with van der Waals surface area (Å²) < 4.78 is 5.54. The van der Waals surface area contributed by atoms with Gasteiger partial charge in [-0.15, -0.1) is 0 Å². The number of hydrogen-bond acceptors (Lipinski definition) is 6. The minimum Gasteiger partial charge on any atom is -0.476 e. The van der Waals surface area contributed by atoms with Gasteiger partial charge in [-0.3, -0.25) is 0 Å². The molecule has 98 valence electrons. The van der Waals surface area contributed by atoms with E-state index >= 15 is 0 Å². The van der Waals surface area contributed by atoms with Crippen molar-refractivity contribution in [1.29, 1.82) is 0 Å². The molecule has 2 heterocycles. The average Bonchev–Trinajstić information content (AvgIpc) is 2.85. The van der Waals surface area contributed by atoms with Crippen molar-refractivity contribution in [2.24, 2.45) is 0 Å². The number of anilines is 1. The summed E-state index contributed by atoms with van der Waals surface area (Å²) in [4.78, 5) is 18.3. The molecule has 1 aliphatic rings. The average molecular weight is 253 g/mol. The molecule has 1 saturated heterocycles. The first-order valence-corrected chi connectivity index (χ1v) is 5.74. The molecule has 0 amide bonds. The van der Waals surface area contributed by atoms with Crippen molar-refractivity contribution in [2.75, 3.05) is 18.5 Å². The molecule has 0 aromatic carbocycles. The van der Waals surface area contributed by atoms with E-state index in [4.69, 9.17) is 14.9 Å². The Kier molecular flexibility index (Phi) is 4.06. The predicted octanol–water partition coefficient (Wildman–Crippen LogP) is 0.127. The van der Waals surface area contributed by atoms with E-state index in [0.717, 1.165) is 12.8 Å². The highest BCUT2D eigenvalue weighted by molar-refractivity contribution is 5.84. The summed E-state index contributed by atoms with van der Waals surface area (Å²) in [7, 11) is 0. The third-order valence-corrected chi connectivity index (χ3v) is 2.78. The van der Waals surface area contributed by atoms with Gasteiger partial charge in [-0.1, -0.05) is 0 Å². The Balaban J connectivity index is 1.82. The van der Waals surface area contributed by atoms with Crippen LogP contribution >= 0.6 is 0 Å². The van der Waals surface area contributed by atoms with E-state index in [1.54, 1.807) is 0 Å². The lowest BCUT2D eigenvalue weighted by Crippen LogP contribution is -2.22. The Bertz CT molecular complexity index is 409. The largest absolute Gasteiger partial charge is 0.476 e. The summed E-state index contributed by atoms with van der Waals surface area (Å²) in [5.41, 5.74) is -0.0852. The van der Waals surface area contributed by atoms with E-state index in [0.29, 0.717) is 12.4 Å². The fourth-order valence-electron chi connectivity index (χ4n) is 1.81. The number of hydrogen-bond donors (Lipinski definition) is 3. The van der Waals surface area contributed by atoms with Crippen LogP contribution < -0.4 is 5.32 Å². The number of nitrogens with one attached hydrogen (secondary N) is 1. The monoisotopic (exact) mass is 253 g/mol. The zero-order valence-electron chi connectivity index (χ0n) is 9.74. The van der Waals surface area contributed by atoms with Gasteiger partial charge >= 0.3 is 5.97 Å². The molecule has 0 spiro atoms. The van der Waals surface area contributed by atoms with Crippen molar-refractivity contribution in [3.8, 4) is 0 Å². The lowest BCUT2D eigenvalue weighted by atomic mass is 10.2. The fourth-order valence-corrected chi connectivity index (χ4v) is 1.81. The highest BCUT2D eigenvalue weighted by atomic mass is 16.5. The minimum atomic E-state index is -1.10. The van der Waals surface area contributed by atoms with E-state index in [2.05, 4.69) is 15.3 Å². The van der Waals surface area contributed by atoms with E-state index in [9.17, 15) is 4.79 Å². The van der Waals surface area contributed by atoms with Crippen molar-refractivity contribution in [3.05, 3.63) is 18.1 Å². The number of carboxylic acid groups (broad SMARTS) is 1. The van der Waals surface area contributed by atoms with Crippen molar-refractivity contribution in [2.45, 2.75) is 25.0 Å². The first-order valence-electron chi connectivity index (χ1n) is 5.74. The van der Waals surface area contributed by atoms with Crippen LogP contribution in [0.1, 0.15) is 23.3 Å². The second-order valence-corrected chi connectivity index (χ2v) is 4.11. The SMILES string of the molecule is O=C(O)c1cnc(NC[C@H]2CC[C@@H](CO)O2)cn1. The molecule has 7 heteroatoms. The van der Waals surface area contributed by atoms with Crippen LogP contribution in [0.25, 0.3) is 0 Å². The van der Waals surface area contributed by atoms with Crippen LogP contribution in [0, 0.1) is 0 Å². The maximum Gasteiger partial charge on any atom is 0.356 e. The fraction of sp³-hybridized carbons (Fsp3) is 0.545. The summed E-state index contributed by atoms with van der Waals surface area (Å²) in [5.74, 6) is -0.588. The molecule has 0 bridgehead atoms. The second-order valence-electron chi connectivity index (χ2n) is 4.11. The summed E-state index contributed by atoms with van der Waals surface area (Å²) in [5, 5.41) is 20.6. The molecule has 7 nitrogen and oxygen atoms in total. The molecule has 3 N–H and O–H groups in total. The zero-order valence-corrected chi connectivity index (χ0v) is 9.74. The van der Waals surface area contributed by atoms with E-state index in [1.807, 2.05) is 0 Å². The Morgan fingerprint density at radius 2 is 2.17 bits per heavy atom. The first kappa shape index (κ1) is 12.7. The van der Waals surface area contributed by atoms with E-state index < -0.39 is 5.97 Å². The molecule has 2 atom stereocenters. The van der Waals surface area contributed by atoms with Gasteiger partial charge in [0.05, 0.1) is 31.2 Å². The maximum atomic E-state index is 10.6. The van der Waals surface area contributed by atoms with Crippen LogP contribution in [0.4, 0.5) is 5.82 Å². The quantitative estimate of drug-likeness (QED) is 0.684. The lowest BCUT2D eigenvalue weighted by molar-refractivity contribution is 0.0174. The van der Waals surface area contributed by atoms with Gasteiger partial charge in [0, 0.05) is 6.54 Å². The van der Waals surface area contributed by atoms with Crippen molar-refractivity contribution in [3.63, 3.8) is 0 Å². The molecule has 1 aromatic rings. The number of rotatable bonds is 5. The summed E-state index contributed by atoms with van der Waals surface area (Å²) in [6.45, 7) is 0.612. The molecule has 0 saturated carbocycles. The van der Waals surface area contributed by atoms with Gasteiger partial charge in [0.2, 0.25) is 0 Å². The first-order chi connectivity index (χ1) is 8.69. The molecule has 0 radical (unpaired) electrons. The predicted molar refractivity (Wildman–Crippen MR) is 62.5 cm³/mol. The maximum absolute atomic E-state index is 10.6. The third kappa shape index (κ3) is 3.14. The molecule has 2 rings (SSSR count). The van der Waals surface area contributed by atoms with Gasteiger partial charge in [-0.2, -0.15) is 0 Å². The third-order valence-electron chi connectivity index (χ3n) is 2.78. The van der Waals surface area contributed by atoms with Gasteiger partial charge in [-0.25, -0.2) is 14.8 Å². The Morgan fingerprint density at radius 1 is 1.39 bits per heavy atom. The molecular weight excluding hydrogens is 238 g/mol. The number of aliphatic hydroxyl groups excluding tert-OH is 1. The molecule has 1 aromatic heterocycles. The van der Waals surface area contributed by atoms with Crippen molar-refractivity contribution < 1.29 is 19.7 Å². The molecule has 1 fully saturated rings. The van der Waals surface area contributed by atoms with Crippen LogP contribution in [0.5, 0.6) is 0 Å². The number of aromatic carboxylic acids is 1. The zero-order chi connectivity index (χ0) is 13.0. The molecule has 0 aliphatic carbocycles. The molecule has 1 aliphatic heterocycles. The molecular formula is C11H15N3O4. The van der Waals surface area contributed by atoms with Crippen molar-refractivity contribution >= 4 is 11.8 Å². The van der Waals surface area contributed by atoms with Crippen molar-refractivity contribution in [1.82, 2.24) is 9.97 Å². The van der Waals surface area contributed by atoms with Crippen LogP contribution in [0.3, 0.4) is 0 Å². The number of aromatic nitrogens is 2. The van der Waals surface area contributed by atoms with Gasteiger partial charge < -0.3 is 20.3 Å². The van der Waals surface area contributed by atoms with E-state index in [-0.39, 0.29) is 24.5 Å². The Labute approximate surface area is 104 Å². The number of carboxylic acids is 1. The standard InChI is InChI=1S/C11H15N3O4/c15-6-8-2-1-7(18-8)3-13-10-5-12-9(4-14-10)11(16)17/h4-5,7-8,15H,1-3,6H2,(H,13,14)(H,16,17)/t7-,8+/m1/s1.